The number of amides is 1. The Morgan fingerprint density at radius 1 is 1.16 bits per heavy atom. The van der Waals surface area contributed by atoms with Gasteiger partial charge < -0.3 is 10.4 Å². The van der Waals surface area contributed by atoms with Crippen LogP contribution in [0.1, 0.15) is 11.3 Å². The molecule has 0 bridgehead atoms. The average Bonchev–Trinajstić information content (AvgIpc) is 2.43. The lowest BCUT2D eigenvalue weighted by Crippen LogP contribution is -2.27. The van der Waals surface area contributed by atoms with E-state index in [1.807, 2.05) is 18.2 Å². The smallest absolute Gasteiger partial charge is 0.224 e. The third-order valence-electron chi connectivity index (χ3n) is 2.77. The van der Waals surface area contributed by atoms with Crippen LogP contribution in [-0.4, -0.2) is 22.5 Å². The van der Waals surface area contributed by atoms with Crippen LogP contribution in [-0.2, 0) is 17.6 Å². The summed E-state index contributed by atoms with van der Waals surface area (Å²) < 4.78 is 0. The average molecular weight is 256 g/mol. The van der Waals surface area contributed by atoms with Crippen LogP contribution < -0.4 is 5.32 Å². The Balaban J connectivity index is 1.78. The highest BCUT2D eigenvalue weighted by molar-refractivity contribution is 5.79. The summed E-state index contributed by atoms with van der Waals surface area (Å²) in [5.41, 5.74) is 1.59. The first-order valence-corrected chi connectivity index (χ1v) is 6.19. The summed E-state index contributed by atoms with van der Waals surface area (Å²) >= 11 is 0. The molecule has 0 fully saturated rings. The molecule has 1 heterocycles. The molecule has 2 N–H and O–H groups in total. The van der Waals surface area contributed by atoms with Crippen molar-refractivity contribution in [3.8, 4) is 5.75 Å². The minimum Gasteiger partial charge on any atom is -0.508 e. The molecule has 4 nitrogen and oxygen atoms in total. The second kappa shape index (κ2) is 6.54. The standard InChI is InChI=1S/C15H16N2O2/c18-14-7-2-1-5-12(14)11-15(19)17-10-8-13-6-3-4-9-16-13/h1-7,9,18H,8,10-11H2,(H,17,19). The molecular formula is C15H16N2O2. The molecule has 0 unspecified atom stereocenters. The van der Waals surface area contributed by atoms with Gasteiger partial charge in [0.1, 0.15) is 5.75 Å². The number of carbonyl (C=O) groups is 1. The van der Waals surface area contributed by atoms with Crippen LogP contribution in [0.15, 0.2) is 48.7 Å². The van der Waals surface area contributed by atoms with E-state index in [0.717, 1.165) is 5.69 Å². The lowest BCUT2D eigenvalue weighted by Gasteiger charge is -2.06. The molecule has 0 saturated heterocycles. The van der Waals surface area contributed by atoms with Crippen molar-refractivity contribution in [2.45, 2.75) is 12.8 Å². The highest BCUT2D eigenvalue weighted by Gasteiger charge is 2.06. The van der Waals surface area contributed by atoms with E-state index in [0.29, 0.717) is 18.5 Å². The number of phenols is 1. The van der Waals surface area contributed by atoms with Crippen molar-refractivity contribution in [3.63, 3.8) is 0 Å². The summed E-state index contributed by atoms with van der Waals surface area (Å²) in [5.74, 6) is 0.0554. The maximum Gasteiger partial charge on any atom is 0.224 e. The minimum atomic E-state index is -0.0996. The molecule has 0 aliphatic rings. The Kier molecular flexibility index (Phi) is 4.50. The number of hydrogen-bond donors (Lipinski definition) is 2. The Morgan fingerprint density at radius 2 is 1.95 bits per heavy atom. The normalized spacial score (nSPS) is 10.1. The molecule has 0 spiro atoms. The molecule has 98 valence electrons. The second-order valence-electron chi connectivity index (χ2n) is 4.23. The van der Waals surface area contributed by atoms with Gasteiger partial charge in [-0.25, -0.2) is 0 Å². The van der Waals surface area contributed by atoms with Gasteiger partial charge in [0.25, 0.3) is 0 Å². The number of benzene rings is 1. The predicted molar refractivity (Wildman–Crippen MR) is 72.8 cm³/mol. The summed E-state index contributed by atoms with van der Waals surface area (Å²) in [7, 11) is 0. The van der Waals surface area contributed by atoms with Crippen LogP contribution in [0, 0.1) is 0 Å². The lowest BCUT2D eigenvalue weighted by atomic mass is 10.1. The van der Waals surface area contributed by atoms with Gasteiger partial charge in [-0.15, -0.1) is 0 Å². The van der Waals surface area contributed by atoms with Crippen molar-refractivity contribution >= 4 is 5.91 Å². The first-order valence-electron chi connectivity index (χ1n) is 6.19. The van der Waals surface area contributed by atoms with Crippen molar-refractivity contribution in [2.24, 2.45) is 0 Å². The van der Waals surface area contributed by atoms with E-state index < -0.39 is 0 Å². The molecule has 2 aromatic rings. The van der Waals surface area contributed by atoms with Crippen molar-refractivity contribution in [1.82, 2.24) is 10.3 Å². The first-order chi connectivity index (χ1) is 9.25. The molecule has 4 heteroatoms. The van der Waals surface area contributed by atoms with Crippen LogP contribution in [0.25, 0.3) is 0 Å². The van der Waals surface area contributed by atoms with Gasteiger partial charge in [-0.3, -0.25) is 9.78 Å². The summed E-state index contributed by atoms with van der Waals surface area (Å²) in [6, 6.07) is 12.6. The third-order valence-corrected chi connectivity index (χ3v) is 2.77. The van der Waals surface area contributed by atoms with Gasteiger partial charge >= 0.3 is 0 Å². The molecule has 2 rings (SSSR count). The summed E-state index contributed by atoms with van der Waals surface area (Å²) in [6.45, 7) is 0.545. The Bertz CT molecular complexity index is 541. The van der Waals surface area contributed by atoms with E-state index in [9.17, 15) is 9.90 Å². The molecule has 0 aliphatic carbocycles. The molecule has 0 saturated carbocycles. The van der Waals surface area contributed by atoms with E-state index in [2.05, 4.69) is 10.3 Å². The molecule has 0 atom stereocenters. The summed E-state index contributed by atoms with van der Waals surface area (Å²) in [5, 5.41) is 12.4. The minimum absolute atomic E-state index is 0.0996. The molecule has 0 aliphatic heterocycles. The second-order valence-corrected chi connectivity index (χ2v) is 4.23. The van der Waals surface area contributed by atoms with Gasteiger partial charge in [0.15, 0.2) is 0 Å². The van der Waals surface area contributed by atoms with Gasteiger partial charge in [0, 0.05) is 30.4 Å². The zero-order chi connectivity index (χ0) is 13.5. The topological polar surface area (TPSA) is 62.2 Å². The van der Waals surface area contributed by atoms with Gasteiger partial charge in [-0.2, -0.15) is 0 Å². The quantitative estimate of drug-likeness (QED) is 0.855. The summed E-state index contributed by atoms with van der Waals surface area (Å²) in [6.07, 6.45) is 2.63. The number of rotatable bonds is 5. The monoisotopic (exact) mass is 256 g/mol. The zero-order valence-electron chi connectivity index (χ0n) is 10.5. The van der Waals surface area contributed by atoms with Crippen LogP contribution in [0.2, 0.25) is 0 Å². The predicted octanol–water partition coefficient (Wildman–Crippen LogP) is 1.69. The van der Waals surface area contributed by atoms with E-state index >= 15 is 0 Å². The molecule has 0 radical (unpaired) electrons. The Hall–Kier alpha value is -2.36. The van der Waals surface area contributed by atoms with Crippen LogP contribution in [0.3, 0.4) is 0 Å². The first kappa shape index (κ1) is 13.1. The zero-order valence-corrected chi connectivity index (χ0v) is 10.5. The molecule has 1 aromatic heterocycles. The number of phenolic OH excluding ortho intramolecular Hbond substituents is 1. The number of aromatic nitrogens is 1. The maximum absolute atomic E-state index is 11.7. The largest absolute Gasteiger partial charge is 0.508 e. The van der Waals surface area contributed by atoms with Crippen LogP contribution >= 0.6 is 0 Å². The number of hydrogen-bond acceptors (Lipinski definition) is 3. The fraction of sp³-hybridized carbons (Fsp3) is 0.200. The van der Waals surface area contributed by atoms with Gasteiger partial charge in [0.05, 0.1) is 6.42 Å². The number of carbonyl (C=O) groups excluding carboxylic acids is 1. The number of aromatic hydroxyl groups is 1. The van der Waals surface area contributed by atoms with E-state index in [-0.39, 0.29) is 18.1 Å². The SMILES string of the molecule is O=C(Cc1ccccc1O)NCCc1ccccn1. The van der Waals surface area contributed by atoms with Gasteiger partial charge in [-0.05, 0) is 18.2 Å². The molecular weight excluding hydrogens is 240 g/mol. The van der Waals surface area contributed by atoms with E-state index in [1.165, 1.54) is 0 Å². The number of pyridine rings is 1. The van der Waals surface area contributed by atoms with Crippen molar-refractivity contribution < 1.29 is 9.90 Å². The van der Waals surface area contributed by atoms with Crippen LogP contribution in [0.4, 0.5) is 0 Å². The van der Waals surface area contributed by atoms with E-state index in [1.54, 1.807) is 30.5 Å². The molecule has 19 heavy (non-hydrogen) atoms. The molecule has 1 amide bonds. The van der Waals surface area contributed by atoms with Crippen molar-refractivity contribution in [3.05, 3.63) is 59.9 Å². The highest BCUT2D eigenvalue weighted by atomic mass is 16.3. The third kappa shape index (κ3) is 4.10. The fourth-order valence-corrected chi connectivity index (χ4v) is 1.77. The van der Waals surface area contributed by atoms with Crippen molar-refractivity contribution in [1.29, 1.82) is 0 Å². The summed E-state index contributed by atoms with van der Waals surface area (Å²) in [4.78, 5) is 15.9. The number of nitrogens with zero attached hydrogens (tertiary/aromatic N) is 1. The van der Waals surface area contributed by atoms with Crippen LogP contribution in [0.5, 0.6) is 5.75 Å². The molecule has 1 aromatic carbocycles. The lowest BCUT2D eigenvalue weighted by molar-refractivity contribution is -0.120. The van der Waals surface area contributed by atoms with Gasteiger partial charge in [0.2, 0.25) is 5.91 Å². The Labute approximate surface area is 112 Å². The number of nitrogens with one attached hydrogen (secondary N) is 1. The maximum atomic E-state index is 11.7. The number of para-hydroxylation sites is 1. The highest BCUT2D eigenvalue weighted by Crippen LogP contribution is 2.15. The van der Waals surface area contributed by atoms with Gasteiger partial charge in [-0.1, -0.05) is 24.3 Å². The fourth-order valence-electron chi connectivity index (χ4n) is 1.77. The Morgan fingerprint density at radius 3 is 2.68 bits per heavy atom. The van der Waals surface area contributed by atoms with E-state index in [4.69, 9.17) is 0 Å². The van der Waals surface area contributed by atoms with Crippen molar-refractivity contribution in [2.75, 3.05) is 6.54 Å².